The Morgan fingerprint density at radius 3 is 2.68 bits per heavy atom. The number of aromatic nitrogens is 2. The zero-order valence-electron chi connectivity index (χ0n) is 20.4. The SMILES string of the molecule is O=C(O)c1cccc(COc2c(Cl)cc(C=Nn3c(C4CCCCC4)nc4ccccc4c3=O)cc2Br)c1. The summed E-state index contributed by atoms with van der Waals surface area (Å²) < 4.78 is 7.93. The fourth-order valence-corrected chi connectivity index (χ4v) is 5.73. The summed E-state index contributed by atoms with van der Waals surface area (Å²) in [5, 5.41) is 14.7. The van der Waals surface area contributed by atoms with Crippen LogP contribution >= 0.6 is 27.5 Å². The minimum Gasteiger partial charge on any atom is -0.486 e. The number of carboxylic acid groups (broad SMARTS) is 1. The lowest BCUT2D eigenvalue weighted by Crippen LogP contribution is -2.25. The first-order valence-electron chi connectivity index (χ1n) is 12.4. The normalized spacial score (nSPS) is 14.3. The molecule has 0 aliphatic heterocycles. The largest absolute Gasteiger partial charge is 0.486 e. The molecule has 9 heteroatoms. The molecule has 38 heavy (non-hydrogen) atoms. The number of halogens is 2. The van der Waals surface area contributed by atoms with Crippen LogP contribution in [0.5, 0.6) is 5.75 Å². The third-order valence-corrected chi connectivity index (χ3v) is 7.52. The minimum atomic E-state index is -0.998. The van der Waals surface area contributed by atoms with Crippen LogP contribution in [0.15, 0.2) is 75.0 Å². The van der Waals surface area contributed by atoms with E-state index < -0.39 is 5.97 Å². The van der Waals surface area contributed by atoms with Crippen LogP contribution in [0.3, 0.4) is 0 Å². The van der Waals surface area contributed by atoms with Gasteiger partial charge in [0.05, 0.1) is 32.2 Å². The molecule has 194 valence electrons. The summed E-state index contributed by atoms with van der Waals surface area (Å²) in [6.45, 7) is 0.149. The Bertz CT molecular complexity index is 1570. The van der Waals surface area contributed by atoms with Crippen LogP contribution in [-0.4, -0.2) is 27.0 Å². The van der Waals surface area contributed by atoms with E-state index >= 15 is 0 Å². The average molecular weight is 595 g/mol. The Balaban J connectivity index is 1.43. The summed E-state index contributed by atoms with van der Waals surface area (Å²) in [4.78, 5) is 29.5. The molecular weight excluding hydrogens is 570 g/mol. The van der Waals surface area contributed by atoms with E-state index in [1.165, 1.54) is 17.2 Å². The molecule has 1 saturated carbocycles. The van der Waals surface area contributed by atoms with E-state index in [1.54, 1.807) is 42.6 Å². The topological polar surface area (TPSA) is 93.8 Å². The Hall–Kier alpha value is -3.49. The van der Waals surface area contributed by atoms with Gasteiger partial charge in [0, 0.05) is 5.92 Å². The molecule has 0 saturated heterocycles. The molecule has 4 aromatic rings. The van der Waals surface area contributed by atoms with Crippen molar-refractivity contribution >= 4 is 50.6 Å². The smallest absolute Gasteiger partial charge is 0.335 e. The van der Waals surface area contributed by atoms with Crippen LogP contribution in [0.25, 0.3) is 10.9 Å². The minimum absolute atomic E-state index is 0.149. The van der Waals surface area contributed by atoms with E-state index in [4.69, 9.17) is 21.3 Å². The van der Waals surface area contributed by atoms with Crippen molar-refractivity contribution in [2.24, 2.45) is 5.10 Å². The molecule has 0 bridgehead atoms. The van der Waals surface area contributed by atoms with Gasteiger partial charge >= 0.3 is 5.97 Å². The van der Waals surface area contributed by atoms with Crippen molar-refractivity contribution in [3.63, 3.8) is 0 Å². The van der Waals surface area contributed by atoms with Crippen molar-refractivity contribution in [3.05, 3.63) is 103 Å². The molecule has 0 atom stereocenters. The van der Waals surface area contributed by atoms with Crippen LogP contribution in [0.4, 0.5) is 0 Å². The fourth-order valence-electron chi connectivity index (χ4n) is 4.74. The van der Waals surface area contributed by atoms with E-state index in [9.17, 15) is 14.7 Å². The third-order valence-electron chi connectivity index (χ3n) is 6.65. The van der Waals surface area contributed by atoms with E-state index in [-0.39, 0.29) is 23.6 Å². The van der Waals surface area contributed by atoms with Crippen molar-refractivity contribution < 1.29 is 14.6 Å². The fraction of sp³-hybridized carbons (Fsp3) is 0.241. The highest BCUT2D eigenvalue weighted by molar-refractivity contribution is 9.10. The molecule has 7 nitrogen and oxygen atoms in total. The monoisotopic (exact) mass is 593 g/mol. The van der Waals surface area contributed by atoms with Gasteiger partial charge in [0.2, 0.25) is 0 Å². The van der Waals surface area contributed by atoms with Gasteiger partial charge in [-0.3, -0.25) is 4.79 Å². The van der Waals surface area contributed by atoms with Gasteiger partial charge in [-0.2, -0.15) is 9.78 Å². The van der Waals surface area contributed by atoms with E-state index in [2.05, 4.69) is 21.0 Å². The molecule has 0 spiro atoms. The van der Waals surface area contributed by atoms with Crippen LogP contribution in [0.1, 0.15) is 65.3 Å². The van der Waals surface area contributed by atoms with Gasteiger partial charge in [0.25, 0.3) is 5.56 Å². The summed E-state index contributed by atoms with van der Waals surface area (Å²) in [5.74, 6) is 0.307. The van der Waals surface area contributed by atoms with E-state index in [1.807, 2.05) is 18.2 Å². The van der Waals surface area contributed by atoms with Gasteiger partial charge in [0.1, 0.15) is 12.4 Å². The molecule has 1 aliphatic rings. The Kier molecular flexibility index (Phi) is 7.90. The molecule has 0 radical (unpaired) electrons. The van der Waals surface area contributed by atoms with Gasteiger partial charge in [-0.05, 0) is 76.3 Å². The number of para-hydroxylation sites is 1. The highest BCUT2D eigenvalue weighted by Crippen LogP contribution is 2.35. The summed E-state index contributed by atoms with van der Waals surface area (Å²) in [6, 6.07) is 17.4. The van der Waals surface area contributed by atoms with Gasteiger partial charge in [-0.1, -0.05) is 55.1 Å². The van der Waals surface area contributed by atoms with E-state index in [0.29, 0.717) is 43.1 Å². The van der Waals surface area contributed by atoms with Gasteiger partial charge < -0.3 is 9.84 Å². The van der Waals surface area contributed by atoms with Crippen LogP contribution < -0.4 is 10.3 Å². The van der Waals surface area contributed by atoms with Gasteiger partial charge in [0.15, 0.2) is 5.75 Å². The van der Waals surface area contributed by atoms with Crippen molar-refractivity contribution in [1.29, 1.82) is 0 Å². The Morgan fingerprint density at radius 2 is 1.92 bits per heavy atom. The summed E-state index contributed by atoms with van der Waals surface area (Å²) in [5.41, 5.74) is 2.06. The van der Waals surface area contributed by atoms with Gasteiger partial charge in [-0.15, -0.1) is 0 Å². The van der Waals surface area contributed by atoms with Crippen molar-refractivity contribution in [2.75, 3.05) is 0 Å². The number of fused-ring (bicyclic) bond motifs is 1. The summed E-state index contributed by atoms with van der Waals surface area (Å²) >= 11 is 10.0. The predicted molar refractivity (Wildman–Crippen MR) is 152 cm³/mol. The van der Waals surface area contributed by atoms with Crippen LogP contribution in [0, 0.1) is 0 Å². The Morgan fingerprint density at radius 1 is 1.13 bits per heavy atom. The van der Waals surface area contributed by atoms with Crippen molar-refractivity contribution in [3.8, 4) is 5.75 Å². The average Bonchev–Trinajstić information content (AvgIpc) is 2.92. The quantitative estimate of drug-likeness (QED) is 0.232. The maximum absolute atomic E-state index is 13.4. The van der Waals surface area contributed by atoms with Gasteiger partial charge in [-0.25, -0.2) is 9.78 Å². The first-order valence-corrected chi connectivity index (χ1v) is 13.6. The lowest BCUT2D eigenvalue weighted by molar-refractivity contribution is 0.0696. The number of carboxylic acids is 1. The second-order valence-electron chi connectivity index (χ2n) is 9.29. The Labute approximate surface area is 232 Å². The number of benzene rings is 3. The first kappa shape index (κ1) is 26.1. The zero-order chi connectivity index (χ0) is 26.6. The number of aromatic carboxylic acids is 1. The summed E-state index contributed by atoms with van der Waals surface area (Å²) in [6.07, 6.45) is 6.99. The first-order chi connectivity index (χ1) is 18.4. The molecule has 3 aromatic carbocycles. The molecule has 1 aliphatic carbocycles. The number of carbonyl (C=O) groups is 1. The third kappa shape index (κ3) is 5.66. The van der Waals surface area contributed by atoms with Crippen LogP contribution in [-0.2, 0) is 6.61 Å². The molecule has 0 amide bonds. The lowest BCUT2D eigenvalue weighted by Gasteiger charge is -2.22. The second-order valence-corrected chi connectivity index (χ2v) is 10.6. The number of rotatable bonds is 7. The molecular formula is C29H25BrClN3O4. The summed E-state index contributed by atoms with van der Waals surface area (Å²) in [7, 11) is 0. The molecule has 1 N–H and O–H groups in total. The molecule has 1 heterocycles. The van der Waals surface area contributed by atoms with Crippen molar-refractivity contribution in [2.45, 2.75) is 44.6 Å². The zero-order valence-corrected chi connectivity index (χ0v) is 22.8. The molecule has 5 rings (SSSR count). The number of nitrogens with zero attached hydrogens (tertiary/aromatic N) is 3. The molecule has 0 unspecified atom stereocenters. The number of ether oxygens (including phenoxy) is 1. The number of hydrogen-bond donors (Lipinski definition) is 1. The van der Waals surface area contributed by atoms with Crippen LogP contribution in [0.2, 0.25) is 5.02 Å². The van der Waals surface area contributed by atoms with Crippen molar-refractivity contribution in [1.82, 2.24) is 9.66 Å². The number of hydrogen-bond acceptors (Lipinski definition) is 5. The second kappa shape index (κ2) is 11.5. The molecule has 1 aromatic heterocycles. The highest BCUT2D eigenvalue weighted by Gasteiger charge is 2.22. The van der Waals surface area contributed by atoms with E-state index in [0.717, 1.165) is 25.7 Å². The maximum Gasteiger partial charge on any atom is 0.335 e. The lowest BCUT2D eigenvalue weighted by atomic mass is 9.88. The highest BCUT2D eigenvalue weighted by atomic mass is 79.9. The predicted octanol–water partition coefficient (Wildman–Crippen LogP) is 7.02. The standard InChI is InChI=1S/C29H25BrClN3O4/c30-23-14-19(15-24(31)26(23)38-17-18-7-6-10-21(13-18)29(36)37)16-32-34-27(20-8-2-1-3-9-20)33-25-12-5-4-11-22(25)28(34)35/h4-7,10-16,20H,1-3,8-9,17H2,(H,36,37). The molecule has 1 fully saturated rings. The maximum atomic E-state index is 13.4.